The third kappa shape index (κ3) is 3.11. The average Bonchev–Trinajstić information content (AvgIpc) is 2.96. The number of hydrogen-bond acceptors (Lipinski definition) is 6. The molecule has 0 atom stereocenters. The van der Waals surface area contributed by atoms with Crippen molar-refractivity contribution in [3.8, 4) is 22.9 Å². The summed E-state index contributed by atoms with van der Waals surface area (Å²) < 4.78 is 5.15. The number of benzene rings is 2. The van der Waals surface area contributed by atoms with Crippen LogP contribution in [-0.4, -0.2) is 20.4 Å². The molecule has 21 heavy (non-hydrogen) atoms. The molecule has 2 aromatic carbocycles. The van der Waals surface area contributed by atoms with Crippen molar-refractivity contribution in [2.45, 2.75) is 6.54 Å². The van der Waals surface area contributed by atoms with Crippen LogP contribution in [0.1, 0.15) is 5.89 Å². The minimum atomic E-state index is 0.154. The Morgan fingerprint density at radius 1 is 1.00 bits per heavy atom. The van der Waals surface area contributed by atoms with Gasteiger partial charge >= 0.3 is 0 Å². The van der Waals surface area contributed by atoms with Crippen LogP contribution in [0.5, 0.6) is 11.5 Å². The van der Waals surface area contributed by atoms with Gasteiger partial charge in [-0.05, 0) is 36.4 Å². The number of aromatic hydroxyl groups is 2. The SMILES string of the molecule is Oc1ccc(NCc2nc(-c3cccc(O)c3)no2)cc1. The van der Waals surface area contributed by atoms with Crippen LogP contribution in [0.15, 0.2) is 53.1 Å². The van der Waals surface area contributed by atoms with E-state index >= 15 is 0 Å². The second kappa shape index (κ2) is 5.54. The van der Waals surface area contributed by atoms with E-state index in [-0.39, 0.29) is 11.5 Å². The molecule has 0 saturated heterocycles. The Morgan fingerprint density at radius 2 is 1.81 bits per heavy atom. The second-order valence-corrected chi connectivity index (χ2v) is 4.46. The largest absolute Gasteiger partial charge is 0.508 e. The maximum absolute atomic E-state index is 9.44. The molecule has 6 heteroatoms. The van der Waals surface area contributed by atoms with Crippen LogP contribution >= 0.6 is 0 Å². The van der Waals surface area contributed by atoms with Gasteiger partial charge in [0.05, 0.1) is 6.54 Å². The van der Waals surface area contributed by atoms with Crippen LogP contribution in [0.2, 0.25) is 0 Å². The molecule has 0 aliphatic carbocycles. The van der Waals surface area contributed by atoms with Gasteiger partial charge in [-0.2, -0.15) is 4.98 Å². The Hall–Kier alpha value is -3.02. The molecule has 1 heterocycles. The van der Waals surface area contributed by atoms with E-state index in [0.29, 0.717) is 23.8 Å². The van der Waals surface area contributed by atoms with E-state index in [1.807, 2.05) is 0 Å². The van der Waals surface area contributed by atoms with Crippen LogP contribution in [0.25, 0.3) is 11.4 Å². The minimum Gasteiger partial charge on any atom is -0.508 e. The Bertz CT molecular complexity index is 738. The predicted molar refractivity (Wildman–Crippen MR) is 76.8 cm³/mol. The van der Waals surface area contributed by atoms with Gasteiger partial charge in [0.25, 0.3) is 0 Å². The van der Waals surface area contributed by atoms with Gasteiger partial charge in [-0.3, -0.25) is 0 Å². The fourth-order valence-electron chi connectivity index (χ4n) is 1.85. The van der Waals surface area contributed by atoms with Gasteiger partial charge in [-0.25, -0.2) is 0 Å². The molecule has 0 aliphatic rings. The third-order valence-electron chi connectivity index (χ3n) is 2.88. The first kappa shape index (κ1) is 13.0. The van der Waals surface area contributed by atoms with E-state index in [0.717, 1.165) is 5.69 Å². The number of aromatic nitrogens is 2. The average molecular weight is 283 g/mol. The summed E-state index contributed by atoms with van der Waals surface area (Å²) >= 11 is 0. The van der Waals surface area contributed by atoms with E-state index in [4.69, 9.17) is 4.52 Å². The summed E-state index contributed by atoms with van der Waals surface area (Å²) in [6.45, 7) is 0.372. The van der Waals surface area contributed by atoms with Crippen molar-refractivity contribution >= 4 is 5.69 Å². The first-order valence-electron chi connectivity index (χ1n) is 6.35. The van der Waals surface area contributed by atoms with Gasteiger partial charge < -0.3 is 20.1 Å². The lowest BCUT2D eigenvalue weighted by molar-refractivity contribution is 0.384. The summed E-state index contributed by atoms with van der Waals surface area (Å²) in [5.74, 6) is 1.22. The number of nitrogens with one attached hydrogen (secondary N) is 1. The number of nitrogens with zero attached hydrogens (tertiary/aromatic N) is 2. The molecule has 0 unspecified atom stereocenters. The summed E-state index contributed by atoms with van der Waals surface area (Å²) in [6, 6.07) is 13.3. The Balaban J connectivity index is 1.69. The van der Waals surface area contributed by atoms with Crippen molar-refractivity contribution in [3.05, 3.63) is 54.4 Å². The van der Waals surface area contributed by atoms with Crippen LogP contribution in [0.3, 0.4) is 0 Å². The highest BCUT2D eigenvalue weighted by molar-refractivity contribution is 5.56. The molecular weight excluding hydrogens is 270 g/mol. The minimum absolute atomic E-state index is 0.154. The molecular formula is C15H13N3O3. The third-order valence-corrected chi connectivity index (χ3v) is 2.88. The van der Waals surface area contributed by atoms with Crippen LogP contribution in [0, 0.1) is 0 Å². The zero-order valence-electron chi connectivity index (χ0n) is 11.0. The van der Waals surface area contributed by atoms with Crippen LogP contribution < -0.4 is 5.32 Å². The monoisotopic (exact) mass is 283 g/mol. The number of anilines is 1. The number of rotatable bonds is 4. The lowest BCUT2D eigenvalue weighted by Gasteiger charge is -2.02. The van der Waals surface area contributed by atoms with E-state index in [1.54, 1.807) is 48.5 Å². The smallest absolute Gasteiger partial charge is 0.246 e. The molecule has 3 N–H and O–H groups in total. The highest BCUT2D eigenvalue weighted by Crippen LogP contribution is 2.21. The van der Waals surface area contributed by atoms with Gasteiger partial charge in [-0.15, -0.1) is 0 Å². The van der Waals surface area contributed by atoms with Crippen molar-refractivity contribution in [2.24, 2.45) is 0 Å². The zero-order valence-corrected chi connectivity index (χ0v) is 11.0. The fraction of sp³-hybridized carbons (Fsp3) is 0.0667. The van der Waals surface area contributed by atoms with Gasteiger partial charge in [0, 0.05) is 11.3 Å². The molecule has 1 aromatic heterocycles. The van der Waals surface area contributed by atoms with Gasteiger partial charge in [0.15, 0.2) is 0 Å². The predicted octanol–water partition coefficient (Wildman–Crippen LogP) is 2.76. The van der Waals surface area contributed by atoms with E-state index in [9.17, 15) is 10.2 Å². The normalized spacial score (nSPS) is 10.5. The lowest BCUT2D eigenvalue weighted by Crippen LogP contribution is -1.99. The first-order valence-corrected chi connectivity index (χ1v) is 6.35. The van der Waals surface area contributed by atoms with Gasteiger partial charge in [0.2, 0.25) is 11.7 Å². The number of phenols is 2. The highest BCUT2D eigenvalue weighted by atomic mass is 16.5. The van der Waals surface area contributed by atoms with Gasteiger partial charge in [-0.1, -0.05) is 17.3 Å². The Kier molecular flexibility index (Phi) is 3.42. The van der Waals surface area contributed by atoms with Crippen molar-refractivity contribution in [1.29, 1.82) is 0 Å². The molecule has 0 aliphatic heterocycles. The standard InChI is InChI=1S/C15H13N3O3/c19-12-6-4-11(5-7-12)16-9-14-17-15(18-21-14)10-2-1-3-13(20)8-10/h1-8,16,19-20H,9H2. The number of hydrogen-bond donors (Lipinski definition) is 3. The highest BCUT2D eigenvalue weighted by Gasteiger charge is 2.08. The second-order valence-electron chi connectivity index (χ2n) is 4.46. The summed E-state index contributed by atoms with van der Waals surface area (Å²) in [7, 11) is 0. The topological polar surface area (TPSA) is 91.4 Å². The maximum atomic E-state index is 9.44. The van der Waals surface area contributed by atoms with Crippen LogP contribution in [0.4, 0.5) is 5.69 Å². The Morgan fingerprint density at radius 3 is 2.57 bits per heavy atom. The molecule has 0 bridgehead atoms. The van der Waals surface area contributed by atoms with Crippen LogP contribution in [-0.2, 0) is 6.54 Å². The van der Waals surface area contributed by atoms with Crippen molar-refractivity contribution in [2.75, 3.05) is 5.32 Å². The van der Waals surface area contributed by atoms with Crippen molar-refractivity contribution in [1.82, 2.24) is 10.1 Å². The van der Waals surface area contributed by atoms with E-state index in [2.05, 4.69) is 15.5 Å². The molecule has 0 amide bonds. The van der Waals surface area contributed by atoms with Gasteiger partial charge in [0.1, 0.15) is 11.5 Å². The fourth-order valence-corrected chi connectivity index (χ4v) is 1.85. The summed E-state index contributed by atoms with van der Waals surface area (Å²) in [5.41, 5.74) is 1.53. The summed E-state index contributed by atoms with van der Waals surface area (Å²) in [6.07, 6.45) is 0. The quantitative estimate of drug-likeness (QED) is 0.638. The molecule has 6 nitrogen and oxygen atoms in total. The first-order chi connectivity index (χ1) is 10.2. The molecule has 0 radical (unpaired) electrons. The lowest BCUT2D eigenvalue weighted by atomic mass is 10.2. The molecule has 106 valence electrons. The summed E-state index contributed by atoms with van der Waals surface area (Å²) in [4.78, 5) is 4.25. The molecule has 0 spiro atoms. The number of phenolic OH excluding ortho intramolecular Hbond substituents is 2. The van der Waals surface area contributed by atoms with Crippen molar-refractivity contribution < 1.29 is 14.7 Å². The molecule has 3 aromatic rings. The van der Waals surface area contributed by atoms with E-state index in [1.165, 1.54) is 0 Å². The van der Waals surface area contributed by atoms with Crippen molar-refractivity contribution in [3.63, 3.8) is 0 Å². The zero-order chi connectivity index (χ0) is 14.7. The maximum Gasteiger partial charge on any atom is 0.246 e. The summed E-state index contributed by atoms with van der Waals surface area (Å²) in [5, 5.41) is 25.6. The molecule has 0 saturated carbocycles. The molecule has 0 fully saturated rings. The van der Waals surface area contributed by atoms with E-state index < -0.39 is 0 Å². The Labute approximate surface area is 120 Å². The molecule has 3 rings (SSSR count).